The molecule has 3 aliphatic heterocycles. The molecule has 3 aromatic rings. The lowest BCUT2D eigenvalue weighted by Gasteiger charge is -2.39. The highest BCUT2D eigenvalue weighted by atomic mass is 79.9. The van der Waals surface area contributed by atoms with E-state index in [0.29, 0.717) is 17.7 Å². The molecule has 0 radical (unpaired) electrons. The molecule has 2 N–H and O–H groups in total. The molecule has 3 fully saturated rings. The largest absolute Gasteiger partial charge is 0.455 e. The van der Waals surface area contributed by atoms with Gasteiger partial charge < -0.3 is 34.6 Å². The van der Waals surface area contributed by atoms with E-state index in [-0.39, 0.29) is 31.7 Å². The molecule has 11 nitrogen and oxygen atoms in total. The monoisotopic (exact) mass is 854 g/mol. The number of fused-ring (bicyclic) bond motifs is 1. The van der Waals surface area contributed by atoms with E-state index in [1.54, 1.807) is 24.0 Å². The van der Waals surface area contributed by atoms with Gasteiger partial charge in [-0.25, -0.2) is 0 Å². The lowest BCUT2D eigenvalue weighted by Crippen LogP contribution is -2.59. The first-order valence-electron chi connectivity index (χ1n) is 20.2. The van der Waals surface area contributed by atoms with Gasteiger partial charge >= 0.3 is 5.97 Å². The molecule has 3 saturated heterocycles. The highest BCUT2D eigenvalue weighted by molar-refractivity contribution is 9.09. The van der Waals surface area contributed by atoms with E-state index in [2.05, 4.69) is 53.2 Å². The lowest BCUT2D eigenvalue weighted by atomic mass is 9.70. The summed E-state index contributed by atoms with van der Waals surface area (Å²) in [5.41, 5.74) is 1.75. The van der Waals surface area contributed by atoms with Crippen LogP contribution in [0.5, 0.6) is 0 Å². The van der Waals surface area contributed by atoms with Gasteiger partial charge in [0.2, 0.25) is 11.8 Å². The first-order valence-corrected chi connectivity index (χ1v) is 21.2. The van der Waals surface area contributed by atoms with Crippen molar-refractivity contribution in [2.45, 2.75) is 87.2 Å². The van der Waals surface area contributed by atoms with Gasteiger partial charge in [0, 0.05) is 42.3 Å². The van der Waals surface area contributed by atoms with Crippen LogP contribution in [0.4, 0.5) is 11.4 Å². The summed E-state index contributed by atoms with van der Waals surface area (Å²) < 4.78 is 13.2. The zero-order valence-corrected chi connectivity index (χ0v) is 35.1. The van der Waals surface area contributed by atoms with E-state index in [1.165, 1.54) is 4.90 Å². The molecule has 3 amide bonds. The van der Waals surface area contributed by atoms with Crippen molar-refractivity contribution in [1.29, 1.82) is 0 Å². The summed E-state index contributed by atoms with van der Waals surface area (Å²) in [7, 11) is 0. The molecule has 0 aliphatic carbocycles. The number of aliphatic hydroxyl groups is 1. The average Bonchev–Trinajstić information content (AvgIpc) is 3.84. The van der Waals surface area contributed by atoms with Crippen LogP contribution in [0.25, 0.3) is 0 Å². The van der Waals surface area contributed by atoms with Gasteiger partial charge in [-0.3, -0.25) is 19.2 Å². The third kappa shape index (κ3) is 8.37. The van der Waals surface area contributed by atoms with Crippen molar-refractivity contribution in [3.63, 3.8) is 0 Å². The van der Waals surface area contributed by atoms with Crippen LogP contribution in [0.3, 0.4) is 0 Å². The van der Waals surface area contributed by atoms with Gasteiger partial charge in [-0.05, 0) is 75.4 Å². The summed E-state index contributed by atoms with van der Waals surface area (Å²) in [4.78, 5) is 63.0. The predicted octanol–water partition coefficient (Wildman–Crippen LogP) is 6.16. The van der Waals surface area contributed by atoms with Crippen LogP contribution >= 0.6 is 15.9 Å². The van der Waals surface area contributed by atoms with Crippen LogP contribution in [0.15, 0.2) is 110 Å². The van der Waals surface area contributed by atoms with Gasteiger partial charge in [0.05, 0.1) is 36.6 Å². The zero-order chi connectivity index (χ0) is 41.6. The molecule has 2 bridgehead atoms. The van der Waals surface area contributed by atoms with Crippen molar-refractivity contribution in [3.05, 3.63) is 121 Å². The molecule has 308 valence electrons. The minimum Gasteiger partial charge on any atom is -0.455 e. The van der Waals surface area contributed by atoms with Gasteiger partial charge in [-0.15, -0.1) is 13.2 Å². The number of ether oxygens (including phenoxy) is 2. The van der Waals surface area contributed by atoms with Crippen molar-refractivity contribution in [2.75, 3.05) is 36.0 Å². The minimum atomic E-state index is -1.42. The Morgan fingerprint density at radius 1 is 1.00 bits per heavy atom. The van der Waals surface area contributed by atoms with Crippen LogP contribution < -0.4 is 15.1 Å². The van der Waals surface area contributed by atoms with Crippen molar-refractivity contribution < 1.29 is 33.8 Å². The van der Waals surface area contributed by atoms with Crippen molar-refractivity contribution >= 4 is 51.0 Å². The Hall–Kier alpha value is -4.78. The first-order chi connectivity index (χ1) is 28.0. The average molecular weight is 856 g/mol. The Balaban J connectivity index is 1.40. The number of carbonyl (C=O) groups is 4. The van der Waals surface area contributed by atoms with Gasteiger partial charge in [0.25, 0.3) is 5.91 Å². The highest BCUT2D eigenvalue weighted by Gasteiger charge is 2.77. The third-order valence-electron chi connectivity index (χ3n) is 11.8. The van der Waals surface area contributed by atoms with Crippen LogP contribution in [0, 0.1) is 11.8 Å². The number of hydrogen-bond acceptors (Lipinski definition) is 8. The van der Waals surface area contributed by atoms with Gasteiger partial charge in [0.1, 0.15) is 17.7 Å². The fourth-order valence-electron chi connectivity index (χ4n) is 9.12. The molecular weight excluding hydrogens is 800 g/mol. The fraction of sp³-hybridized carbons (Fsp3) is 0.435. The summed E-state index contributed by atoms with van der Waals surface area (Å²) in [5, 5.41) is 14.0. The molecule has 9 atom stereocenters. The second-order valence-corrected chi connectivity index (χ2v) is 16.5. The molecule has 1 spiro atoms. The minimum absolute atomic E-state index is 0.146. The van der Waals surface area contributed by atoms with E-state index >= 15 is 9.59 Å². The number of esters is 1. The normalized spacial score (nSPS) is 24.7. The van der Waals surface area contributed by atoms with Crippen LogP contribution in [-0.2, 0) is 35.1 Å². The number of halogens is 1. The maximum absolute atomic E-state index is 15.4. The Labute approximate surface area is 350 Å². The molecule has 1 unspecified atom stereocenters. The van der Waals surface area contributed by atoms with Crippen molar-refractivity contribution in [2.24, 2.45) is 11.8 Å². The topological polar surface area (TPSA) is 129 Å². The smallest absolute Gasteiger partial charge is 0.313 e. The first kappa shape index (κ1) is 42.8. The Morgan fingerprint density at radius 3 is 2.24 bits per heavy atom. The summed E-state index contributed by atoms with van der Waals surface area (Å²) >= 11 is 3.78. The number of rotatable bonds is 19. The Kier molecular flexibility index (Phi) is 13.9. The molecule has 0 aromatic heterocycles. The number of aliphatic hydroxyl groups excluding tert-OH is 1. The van der Waals surface area contributed by atoms with E-state index < -0.39 is 77.0 Å². The number of allylic oxidation sites excluding steroid dienone is 1. The van der Waals surface area contributed by atoms with Crippen LogP contribution in [0.2, 0.25) is 0 Å². The number of carbonyl (C=O) groups excluding carboxylic acids is 4. The van der Waals surface area contributed by atoms with E-state index in [9.17, 15) is 14.7 Å². The standard InChI is InChI=1S/C46H55BrN4O7/c1-6-10-21-37(53)48-30(5)40(32-19-15-12-16-20-32)57-45(56)38-39-43(54)51(35(29-52)27-31-17-13-11-14-18-31)42(46(39)28-36(47)41(38)58-46)44(55)50(26-7-2)34-24-22-33(23-25-34)49(8-3)9-4/h6-7,11-20,22-25,30,35-36,38-42,52H,1-2,8-10,21,26-29H2,3-5H3,(H,48,53)/t30-,35-,36?,38-,39+,40-,41-,42-,46+/m1/s1. The van der Waals surface area contributed by atoms with Crippen LogP contribution in [-0.4, -0.2) is 94.6 Å². The summed E-state index contributed by atoms with van der Waals surface area (Å²) in [6.45, 7) is 15.0. The van der Waals surface area contributed by atoms with Crippen LogP contribution in [0.1, 0.15) is 57.3 Å². The molecule has 0 saturated carbocycles. The third-order valence-corrected chi connectivity index (χ3v) is 12.7. The number of alkyl halides is 1. The molecule has 3 aromatic carbocycles. The fourth-order valence-corrected chi connectivity index (χ4v) is 10.1. The predicted molar refractivity (Wildman–Crippen MR) is 228 cm³/mol. The molecular formula is C46H55BrN4O7. The summed E-state index contributed by atoms with van der Waals surface area (Å²) in [6.07, 6.45) is 2.91. The molecule has 58 heavy (non-hydrogen) atoms. The van der Waals surface area contributed by atoms with Gasteiger partial charge in [-0.1, -0.05) is 88.7 Å². The van der Waals surface area contributed by atoms with Gasteiger partial charge in [0.15, 0.2) is 0 Å². The summed E-state index contributed by atoms with van der Waals surface area (Å²) in [5.74, 6) is -3.89. The zero-order valence-electron chi connectivity index (χ0n) is 33.5. The molecule has 3 heterocycles. The number of likely N-dealkylation sites (tertiary alicyclic amines) is 1. The van der Waals surface area contributed by atoms with E-state index in [4.69, 9.17) is 9.47 Å². The molecule has 12 heteroatoms. The molecule has 3 aliphatic rings. The van der Waals surface area contributed by atoms with Gasteiger partial charge in [-0.2, -0.15) is 0 Å². The SMILES string of the molecule is C=CCCC(=O)N[C@H](C)[C@@H](OC(=O)[C@H]1[C@@H]2O[C@@]3(CC2Br)[C@@H]1C(=O)N([C@@H](CO)Cc1ccccc1)[C@@H]3C(=O)N(CC=C)c1ccc(N(CC)CC)cc1)c1ccccc1. The number of nitrogens with one attached hydrogen (secondary N) is 1. The van der Waals surface area contributed by atoms with Crippen molar-refractivity contribution in [3.8, 4) is 0 Å². The second kappa shape index (κ2) is 18.9. The number of nitrogens with zero attached hydrogens (tertiary/aromatic N) is 3. The summed E-state index contributed by atoms with van der Waals surface area (Å²) in [6, 6.07) is 23.8. The Morgan fingerprint density at radius 2 is 1.64 bits per heavy atom. The van der Waals surface area contributed by atoms with E-state index in [0.717, 1.165) is 24.3 Å². The number of anilines is 2. The van der Waals surface area contributed by atoms with Crippen molar-refractivity contribution in [1.82, 2.24) is 10.2 Å². The number of hydrogen-bond donors (Lipinski definition) is 2. The second-order valence-electron chi connectivity index (χ2n) is 15.3. The van der Waals surface area contributed by atoms with E-state index in [1.807, 2.05) is 84.9 Å². The Bertz CT molecular complexity index is 1930. The highest BCUT2D eigenvalue weighted by Crippen LogP contribution is 2.61. The maximum Gasteiger partial charge on any atom is 0.313 e. The quantitative estimate of drug-likeness (QED) is 0.0835. The number of amides is 3. The maximum atomic E-state index is 15.4. The number of benzene rings is 3. The lowest BCUT2D eigenvalue weighted by molar-refractivity contribution is -0.162. The molecule has 6 rings (SSSR count).